The first-order chi connectivity index (χ1) is 52.8. The second-order valence-electron chi connectivity index (χ2n) is 33.5. The van der Waals surface area contributed by atoms with E-state index in [0.717, 1.165) is 108 Å². The van der Waals surface area contributed by atoms with Crippen molar-refractivity contribution in [1.82, 2.24) is 0 Å². The highest BCUT2D eigenvalue weighted by atomic mass is 31.2. The Bertz CT molecular complexity index is 2100. The Kier molecular flexibility index (Phi) is 78.5. The molecule has 0 aromatic carbocycles. The van der Waals surface area contributed by atoms with E-state index in [1.54, 1.807) is 0 Å². The van der Waals surface area contributed by atoms with E-state index in [4.69, 9.17) is 37.0 Å². The van der Waals surface area contributed by atoms with Crippen LogP contribution in [0.5, 0.6) is 0 Å². The lowest BCUT2D eigenvalue weighted by Crippen LogP contribution is -2.30. The number of esters is 4. The smallest absolute Gasteiger partial charge is 0.462 e. The van der Waals surface area contributed by atoms with Crippen molar-refractivity contribution in [3.8, 4) is 0 Å². The zero-order valence-corrected chi connectivity index (χ0v) is 73.8. The first-order valence-electron chi connectivity index (χ1n) is 46.4. The van der Waals surface area contributed by atoms with Crippen molar-refractivity contribution in [2.45, 2.75) is 497 Å². The van der Waals surface area contributed by atoms with Gasteiger partial charge in [0.1, 0.15) is 19.3 Å². The minimum absolute atomic E-state index is 0.108. The second-order valence-corrected chi connectivity index (χ2v) is 36.4. The van der Waals surface area contributed by atoms with Gasteiger partial charge in [-0.2, -0.15) is 0 Å². The number of unbranched alkanes of at least 4 members (excludes halogenated alkanes) is 55. The Morgan fingerprint density at radius 1 is 0.266 bits per heavy atom. The molecule has 0 heterocycles. The number of aliphatic hydroxyl groups is 1. The number of aliphatic hydroxyl groups excluding tert-OH is 1. The second kappa shape index (κ2) is 79.9. The molecule has 19 heteroatoms. The summed E-state index contributed by atoms with van der Waals surface area (Å²) in [4.78, 5) is 73.4. The summed E-state index contributed by atoms with van der Waals surface area (Å²) in [7, 11) is -9.94. The molecule has 0 aliphatic rings. The fourth-order valence-corrected chi connectivity index (χ4v) is 15.6. The topological polar surface area (TPSA) is 237 Å². The third kappa shape index (κ3) is 82.4. The van der Waals surface area contributed by atoms with Crippen LogP contribution in [0.15, 0.2) is 0 Å². The molecule has 3 N–H and O–H groups in total. The lowest BCUT2D eigenvalue weighted by Gasteiger charge is -2.21. The summed E-state index contributed by atoms with van der Waals surface area (Å²) in [5.74, 6) is 0.368. The predicted molar refractivity (Wildman–Crippen MR) is 451 cm³/mol. The van der Waals surface area contributed by atoms with Crippen LogP contribution in [-0.4, -0.2) is 96.7 Å². The van der Waals surface area contributed by atoms with Gasteiger partial charge in [-0.1, -0.05) is 427 Å². The fourth-order valence-electron chi connectivity index (χ4n) is 14.0. The molecule has 0 fully saturated rings. The molecule has 648 valence electrons. The van der Waals surface area contributed by atoms with E-state index in [1.165, 1.54) is 289 Å². The quantitative estimate of drug-likeness (QED) is 0.0222. The maximum atomic E-state index is 13.2. The lowest BCUT2D eigenvalue weighted by atomic mass is 9.99. The van der Waals surface area contributed by atoms with Crippen LogP contribution in [0, 0.1) is 17.8 Å². The molecule has 0 aliphatic carbocycles. The van der Waals surface area contributed by atoms with Gasteiger partial charge in [-0.25, -0.2) is 9.13 Å². The minimum Gasteiger partial charge on any atom is -0.462 e. The van der Waals surface area contributed by atoms with Gasteiger partial charge in [-0.3, -0.25) is 37.3 Å². The van der Waals surface area contributed by atoms with Gasteiger partial charge in [0.2, 0.25) is 0 Å². The molecule has 0 radical (unpaired) electrons. The Morgan fingerprint density at radius 3 is 0.697 bits per heavy atom. The molecule has 109 heavy (non-hydrogen) atoms. The third-order valence-corrected chi connectivity index (χ3v) is 23.4. The average molecular weight is 1590 g/mol. The average Bonchev–Trinajstić information content (AvgIpc) is 0.895. The number of phosphoric ester groups is 2. The summed E-state index contributed by atoms with van der Waals surface area (Å²) in [6, 6.07) is 0. The van der Waals surface area contributed by atoms with Crippen LogP contribution >= 0.6 is 15.6 Å². The molecule has 0 rings (SSSR count). The normalized spacial score (nSPS) is 14.1. The fraction of sp³-hybridized carbons (Fsp3) is 0.956. The standard InChI is InChI=1S/C90H176O17P2/c1-8-10-11-12-13-14-15-26-36-43-50-57-64-71-87(92)100-77-85(107-90(95)74-67-60-53-46-39-32-25-23-28-34-41-48-55-62-69-82(5)6)79-104-108(96,97)102-75-84(91)76-103-109(98,99)105-80-86(78-101-88(93)72-65-58-51-44-37-30-24-22-27-33-40-47-54-61-68-81(3)4)106-89(94)73-66-59-52-45-38-31-21-19-17-16-18-20-29-35-42-49-56-63-70-83(7)9-2/h81-86,91H,8-80H2,1-7H3,(H,96,97)(H,98,99)/t83?,84-,85+,86+/m0/s1. The van der Waals surface area contributed by atoms with Gasteiger partial charge in [0.25, 0.3) is 0 Å². The number of phosphoric acid groups is 2. The highest BCUT2D eigenvalue weighted by Gasteiger charge is 2.31. The summed E-state index contributed by atoms with van der Waals surface area (Å²) in [6.45, 7) is 12.1. The number of rotatable bonds is 88. The highest BCUT2D eigenvalue weighted by molar-refractivity contribution is 7.47. The number of ether oxygens (including phenoxy) is 4. The van der Waals surface area contributed by atoms with Crippen LogP contribution in [0.2, 0.25) is 0 Å². The van der Waals surface area contributed by atoms with Gasteiger partial charge in [0.15, 0.2) is 12.2 Å². The number of carbonyl (C=O) groups is 4. The number of hydrogen-bond acceptors (Lipinski definition) is 15. The Balaban J connectivity index is 5.26. The van der Waals surface area contributed by atoms with Crippen molar-refractivity contribution >= 4 is 39.5 Å². The molecule has 0 spiro atoms. The van der Waals surface area contributed by atoms with Crippen molar-refractivity contribution in [2.24, 2.45) is 17.8 Å². The summed E-state index contributed by atoms with van der Waals surface area (Å²) in [5, 5.41) is 10.7. The first-order valence-corrected chi connectivity index (χ1v) is 49.4. The summed E-state index contributed by atoms with van der Waals surface area (Å²) >= 11 is 0. The molecule has 0 amide bonds. The van der Waals surface area contributed by atoms with E-state index in [-0.39, 0.29) is 25.7 Å². The van der Waals surface area contributed by atoms with E-state index in [1.807, 2.05) is 0 Å². The third-order valence-electron chi connectivity index (χ3n) is 21.5. The van der Waals surface area contributed by atoms with E-state index in [0.29, 0.717) is 25.7 Å². The van der Waals surface area contributed by atoms with Crippen LogP contribution in [0.4, 0.5) is 0 Å². The van der Waals surface area contributed by atoms with Crippen LogP contribution in [-0.2, 0) is 65.4 Å². The van der Waals surface area contributed by atoms with Crippen molar-refractivity contribution < 1.29 is 80.2 Å². The van der Waals surface area contributed by atoms with Crippen molar-refractivity contribution in [1.29, 1.82) is 0 Å². The molecule has 0 aliphatic heterocycles. The molecule has 0 bridgehead atoms. The van der Waals surface area contributed by atoms with E-state index < -0.39 is 97.5 Å². The van der Waals surface area contributed by atoms with Gasteiger partial charge in [0, 0.05) is 25.7 Å². The molecule has 3 unspecified atom stereocenters. The van der Waals surface area contributed by atoms with Gasteiger partial charge in [0.05, 0.1) is 26.4 Å². The SMILES string of the molecule is CCCCCCCCCCCCCCCC(=O)OC[C@H](COP(=O)(O)OC[C@H](O)COP(=O)(O)OC[C@@H](COC(=O)CCCCCCCCCCCCCCCCC(C)C)OC(=O)CCCCCCCCCCCCCCCCCCCCC(C)CC)OC(=O)CCCCCCCCCCCCCCCCC(C)C. The summed E-state index contributed by atoms with van der Waals surface area (Å²) < 4.78 is 69.1. The van der Waals surface area contributed by atoms with Crippen molar-refractivity contribution in [3.63, 3.8) is 0 Å². The van der Waals surface area contributed by atoms with E-state index in [9.17, 15) is 43.2 Å². The van der Waals surface area contributed by atoms with Crippen LogP contribution in [0.25, 0.3) is 0 Å². The summed E-state index contributed by atoms with van der Waals surface area (Å²) in [6.07, 6.45) is 72.1. The largest absolute Gasteiger partial charge is 0.472 e. The van der Waals surface area contributed by atoms with Gasteiger partial charge in [-0.15, -0.1) is 0 Å². The van der Waals surface area contributed by atoms with Crippen LogP contribution in [0.3, 0.4) is 0 Å². The molecular formula is C90H176O17P2. The van der Waals surface area contributed by atoms with Crippen molar-refractivity contribution in [3.05, 3.63) is 0 Å². The van der Waals surface area contributed by atoms with Gasteiger partial charge < -0.3 is 33.8 Å². The molecule has 0 aromatic heterocycles. The monoisotopic (exact) mass is 1590 g/mol. The number of hydrogen-bond donors (Lipinski definition) is 3. The number of carbonyl (C=O) groups excluding carboxylic acids is 4. The molecule has 0 saturated heterocycles. The zero-order valence-electron chi connectivity index (χ0n) is 72.0. The zero-order chi connectivity index (χ0) is 80.0. The van der Waals surface area contributed by atoms with Crippen LogP contribution in [0.1, 0.15) is 479 Å². The lowest BCUT2D eigenvalue weighted by molar-refractivity contribution is -0.161. The predicted octanol–water partition coefficient (Wildman–Crippen LogP) is 27.6. The molecular weight excluding hydrogens is 1410 g/mol. The Hall–Kier alpha value is -1.94. The van der Waals surface area contributed by atoms with Crippen LogP contribution < -0.4 is 0 Å². The molecule has 17 nitrogen and oxygen atoms in total. The molecule has 6 atom stereocenters. The maximum absolute atomic E-state index is 13.2. The van der Waals surface area contributed by atoms with E-state index >= 15 is 0 Å². The minimum atomic E-state index is -4.97. The highest BCUT2D eigenvalue weighted by Crippen LogP contribution is 2.45. The van der Waals surface area contributed by atoms with Crippen molar-refractivity contribution in [2.75, 3.05) is 39.6 Å². The molecule has 0 aromatic rings. The Morgan fingerprint density at radius 2 is 0.468 bits per heavy atom. The Labute approximate surface area is 670 Å². The van der Waals surface area contributed by atoms with Gasteiger partial charge >= 0.3 is 39.5 Å². The molecule has 0 saturated carbocycles. The summed E-state index contributed by atoms with van der Waals surface area (Å²) in [5.41, 5.74) is 0. The maximum Gasteiger partial charge on any atom is 0.472 e. The first kappa shape index (κ1) is 107. The van der Waals surface area contributed by atoms with Gasteiger partial charge in [-0.05, 0) is 43.4 Å². The van der Waals surface area contributed by atoms with E-state index in [2.05, 4.69) is 48.5 Å².